The van der Waals surface area contributed by atoms with Crippen LogP contribution in [-0.4, -0.2) is 27.0 Å². The number of nitrogens with one attached hydrogen (secondary N) is 3. The number of carboxylic acid groups (broad SMARTS) is 1. The van der Waals surface area contributed by atoms with E-state index in [9.17, 15) is 4.79 Å². The van der Waals surface area contributed by atoms with Crippen molar-refractivity contribution in [3.63, 3.8) is 0 Å². The molecule has 7 nitrogen and oxygen atoms in total. The van der Waals surface area contributed by atoms with Gasteiger partial charge in [-0.05, 0) is 24.3 Å². The molecule has 0 saturated carbocycles. The van der Waals surface area contributed by atoms with Gasteiger partial charge in [0.05, 0.1) is 5.75 Å². The topological polar surface area (TPSA) is 103 Å². The van der Waals surface area contributed by atoms with Crippen molar-refractivity contribution in [2.24, 2.45) is 4.99 Å². The van der Waals surface area contributed by atoms with Crippen LogP contribution in [0, 0.1) is 0 Å². The molecule has 8 heteroatoms. The van der Waals surface area contributed by atoms with Crippen molar-refractivity contribution in [1.29, 1.82) is 0 Å². The van der Waals surface area contributed by atoms with Crippen LogP contribution < -0.4 is 10.9 Å². The summed E-state index contributed by atoms with van der Waals surface area (Å²) in [6.07, 6.45) is -0.387. The molecular weight excluding hydrogens is 376 g/mol. The maximum Gasteiger partial charge on any atom is 0.313 e. The second kappa shape index (κ2) is 6.74. The molecule has 4 N–H and O–H groups in total. The van der Waals surface area contributed by atoms with E-state index in [0.717, 1.165) is 34.1 Å². The van der Waals surface area contributed by atoms with Crippen molar-refractivity contribution in [1.82, 2.24) is 15.8 Å². The minimum atomic E-state index is -0.884. The lowest BCUT2D eigenvalue weighted by Gasteiger charge is -2.03. The van der Waals surface area contributed by atoms with Crippen molar-refractivity contribution < 1.29 is 14.3 Å². The molecule has 2 aromatic carbocycles. The molecule has 4 aromatic rings. The van der Waals surface area contributed by atoms with Crippen molar-refractivity contribution in [3.8, 4) is 11.3 Å². The second-order valence-electron chi connectivity index (χ2n) is 6.42. The minimum absolute atomic E-state index is 0.0475. The Labute approximate surface area is 163 Å². The molecule has 0 radical (unpaired) electrons. The van der Waals surface area contributed by atoms with E-state index in [1.54, 1.807) is 0 Å². The van der Waals surface area contributed by atoms with Gasteiger partial charge in [-0.1, -0.05) is 42.1 Å². The predicted octanol–water partition coefficient (Wildman–Crippen LogP) is 3.86. The van der Waals surface area contributed by atoms with E-state index < -0.39 is 5.97 Å². The lowest BCUT2D eigenvalue weighted by atomic mass is 10.1. The number of hydrogen-bond donors (Lipinski definition) is 4. The summed E-state index contributed by atoms with van der Waals surface area (Å²) in [6, 6.07) is 18.2. The van der Waals surface area contributed by atoms with Gasteiger partial charge in [-0.2, -0.15) is 0 Å². The van der Waals surface area contributed by atoms with Crippen LogP contribution in [0.4, 0.5) is 0 Å². The van der Waals surface area contributed by atoms with Crippen molar-refractivity contribution in [2.75, 3.05) is 5.75 Å². The van der Waals surface area contributed by atoms with Crippen LogP contribution in [0.2, 0.25) is 0 Å². The van der Waals surface area contributed by atoms with E-state index >= 15 is 0 Å². The number of benzene rings is 2. The number of hydrogen-bond acceptors (Lipinski definition) is 6. The summed E-state index contributed by atoms with van der Waals surface area (Å²) in [4.78, 5) is 18.5. The van der Waals surface area contributed by atoms with E-state index in [1.165, 1.54) is 10.8 Å². The number of aromatic amines is 1. The van der Waals surface area contributed by atoms with Gasteiger partial charge in [0.1, 0.15) is 11.5 Å². The fraction of sp³-hybridized carbons (Fsp3) is 0.100. The first-order valence-corrected chi connectivity index (χ1v) is 9.70. The molecule has 0 spiro atoms. The Morgan fingerprint density at radius 1 is 1.11 bits per heavy atom. The molecule has 1 unspecified atom stereocenters. The Morgan fingerprint density at radius 3 is 2.86 bits per heavy atom. The van der Waals surface area contributed by atoms with Crippen LogP contribution in [0.5, 0.6) is 0 Å². The van der Waals surface area contributed by atoms with Gasteiger partial charge in [-0.3, -0.25) is 10.2 Å². The molecule has 0 aliphatic carbocycles. The third-order valence-corrected chi connectivity index (χ3v) is 5.45. The number of H-pyrrole nitrogens is 1. The van der Waals surface area contributed by atoms with Crippen molar-refractivity contribution >= 4 is 44.7 Å². The summed E-state index contributed by atoms with van der Waals surface area (Å²) < 4.78 is 6.00. The number of thioether (sulfide) groups is 1. The molecule has 140 valence electrons. The fourth-order valence-electron chi connectivity index (χ4n) is 3.31. The van der Waals surface area contributed by atoms with E-state index in [2.05, 4.69) is 45.1 Å². The zero-order valence-electron chi connectivity index (χ0n) is 14.6. The van der Waals surface area contributed by atoms with Gasteiger partial charge in [0, 0.05) is 27.4 Å². The van der Waals surface area contributed by atoms with Crippen LogP contribution in [0.15, 0.2) is 64.0 Å². The normalized spacial score (nSPS) is 16.4. The first-order chi connectivity index (χ1) is 13.7. The van der Waals surface area contributed by atoms with E-state index in [4.69, 9.17) is 9.52 Å². The summed E-state index contributed by atoms with van der Waals surface area (Å²) in [5, 5.41) is 11.7. The summed E-state index contributed by atoms with van der Waals surface area (Å²) in [5.41, 5.74) is 9.01. The molecule has 28 heavy (non-hydrogen) atoms. The first-order valence-electron chi connectivity index (χ1n) is 8.72. The number of fused-ring (bicyclic) bond motifs is 3. The van der Waals surface area contributed by atoms with Crippen LogP contribution in [0.1, 0.15) is 11.9 Å². The average Bonchev–Trinajstić information content (AvgIpc) is 3.42. The van der Waals surface area contributed by atoms with Gasteiger partial charge in [0.25, 0.3) is 0 Å². The number of furan rings is 1. The maximum atomic E-state index is 10.7. The highest BCUT2D eigenvalue weighted by molar-refractivity contribution is 8.14. The number of rotatable bonds is 4. The third kappa shape index (κ3) is 3.02. The molecule has 0 bridgehead atoms. The van der Waals surface area contributed by atoms with Crippen LogP contribution in [-0.2, 0) is 4.79 Å². The Morgan fingerprint density at radius 2 is 1.96 bits per heavy atom. The molecule has 5 rings (SSSR count). The minimum Gasteiger partial charge on any atom is -0.481 e. The lowest BCUT2D eigenvalue weighted by Crippen LogP contribution is -2.30. The van der Waals surface area contributed by atoms with Gasteiger partial charge in [0.2, 0.25) is 0 Å². The van der Waals surface area contributed by atoms with Crippen molar-refractivity contribution in [3.05, 3.63) is 60.4 Å². The highest BCUT2D eigenvalue weighted by Gasteiger charge is 2.22. The van der Waals surface area contributed by atoms with E-state index in [0.29, 0.717) is 10.9 Å². The van der Waals surface area contributed by atoms with E-state index in [1.807, 2.05) is 30.3 Å². The van der Waals surface area contributed by atoms with E-state index in [-0.39, 0.29) is 11.9 Å². The third-order valence-electron chi connectivity index (χ3n) is 4.58. The Balaban J connectivity index is 1.41. The number of aromatic nitrogens is 1. The number of carbonyl (C=O) groups is 1. The number of para-hydroxylation sites is 1. The monoisotopic (exact) mass is 392 g/mol. The Kier molecular flexibility index (Phi) is 4.07. The average molecular weight is 392 g/mol. The fourth-order valence-corrected chi connectivity index (χ4v) is 3.88. The molecule has 0 fully saturated rings. The van der Waals surface area contributed by atoms with Gasteiger partial charge in [-0.15, -0.1) is 0 Å². The molecular formula is C20H16N4O3S. The molecule has 2 aromatic heterocycles. The summed E-state index contributed by atoms with van der Waals surface area (Å²) in [6.45, 7) is 0. The Bertz CT molecular complexity index is 1230. The number of aliphatic carboxylic acids is 1. The highest BCUT2D eigenvalue weighted by atomic mass is 32.2. The van der Waals surface area contributed by atoms with Crippen LogP contribution >= 0.6 is 11.8 Å². The molecule has 3 heterocycles. The molecule has 1 aliphatic rings. The molecule has 1 aliphatic heterocycles. The standard InChI is InChI=1S/C20H16N4O3S/c25-18(26)10-28-20-22-19(23-24-20)17-8-7-16(27-17)11-5-6-13-12-3-1-2-4-14(12)21-15(13)9-11/h1-9,19,21,23H,10H2,(H,22,24)(H,25,26). The SMILES string of the molecule is O=C(O)CSC1=NC(c2ccc(-c3ccc4c(c3)[nH]c3ccccc34)o2)NN1. The number of carboxylic acids is 1. The zero-order valence-corrected chi connectivity index (χ0v) is 15.4. The van der Waals surface area contributed by atoms with Gasteiger partial charge in [-0.25, -0.2) is 10.4 Å². The smallest absolute Gasteiger partial charge is 0.313 e. The Hall–Kier alpha value is -3.23. The van der Waals surface area contributed by atoms with Crippen molar-refractivity contribution in [2.45, 2.75) is 6.17 Å². The van der Waals surface area contributed by atoms with Gasteiger partial charge >= 0.3 is 5.97 Å². The number of nitrogens with zero attached hydrogens (tertiary/aromatic N) is 1. The van der Waals surface area contributed by atoms with Gasteiger partial charge in [0.15, 0.2) is 11.3 Å². The first kappa shape index (κ1) is 16.9. The summed E-state index contributed by atoms with van der Waals surface area (Å²) >= 11 is 1.13. The summed E-state index contributed by atoms with van der Waals surface area (Å²) in [7, 11) is 0. The van der Waals surface area contributed by atoms with Crippen LogP contribution in [0.3, 0.4) is 0 Å². The number of hydrazine groups is 1. The quantitative estimate of drug-likeness (QED) is 0.421. The molecule has 0 amide bonds. The zero-order chi connectivity index (χ0) is 19.1. The largest absolute Gasteiger partial charge is 0.481 e. The predicted molar refractivity (Wildman–Crippen MR) is 110 cm³/mol. The highest BCUT2D eigenvalue weighted by Crippen LogP contribution is 2.32. The number of aliphatic imine (C=N–C) groups is 1. The lowest BCUT2D eigenvalue weighted by molar-refractivity contribution is -0.133. The second-order valence-corrected chi connectivity index (χ2v) is 7.39. The summed E-state index contributed by atoms with van der Waals surface area (Å²) in [5.74, 6) is 0.476. The number of amidine groups is 1. The molecule has 0 saturated heterocycles. The van der Waals surface area contributed by atoms with Gasteiger partial charge < -0.3 is 14.5 Å². The maximum absolute atomic E-state index is 10.7. The van der Waals surface area contributed by atoms with Crippen LogP contribution in [0.25, 0.3) is 33.1 Å². The molecule has 1 atom stereocenters.